The zero-order chi connectivity index (χ0) is 18.1. The number of likely N-dealkylation sites (tertiary alicyclic amines) is 1. The van der Waals surface area contributed by atoms with Crippen LogP contribution in [0.3, 0.4) is 0 Å². The summed E-state index contributed by atoms with van der Waals surface area (Å²) in [5, 5.41) is 7.45. The average molecular weight is 353 g/mol. The van der Waals surface area contributed by atoms with E-state index in [1.54, 1.807) is 23.0 Å². The second-order valence-corrected chi connectivity index (χ2v) is 7.17. The van der Waals surface area contributed by atoms with Crippen LogP contribution in [0, 0.1) is 5.92 Å². The molecule has 2 aliphatic rings. The molecule has 4 rings (SSSR count). The number of pyridine rings is 1. The number of hydrogen-bond acceptors (Lipinski definition) is 4. The summed E-state index contributed by atoms with van der Waals surface area (Å²) in [6, 6.07) is 5.65. The number of aromatic nitrogens is 3. The molecule has 0 saturated carbocycles. The van der Waals surface area contributed by atoms with Gasteiger partial charge in [-0.3, -0.25) is 19.7 Å². The molecule has 26 heavy (non-hydrogen) atoms. The second-order valence-electron chi connectivity index (χ2n) is 7.17. The maximum absolute atomic E-state index is 12.8. The molecule has 7 nitrogen and oxygen atoms in total. The van der Waals surface area contributed by atoms with Crippen LogP contribution in [0.15, 0.2) is 24.4 Å². The Bertz CT molecular complexity index is 817. The maximum atomic E-state index is 12.8. The van der Waals surface area contributed by atoms with E-state index in [9.17, 15) is 9.59 Å². The Morgan fingerprint density at radius 3 is 3.08 bits per heavy atom. The van der Waals surface area contributed by atoms with Gasteiger partial charge in [-0.1, -0.05) is 6.07 Å². The maximum Gasteiger partial charge on any atom is 0.228 e. The fraction of sp³-hybridized carbons (Fsp3) is 0.474. The van der Waals surface area contributed by atoms with Gasteiger partial charge in [0.15, 0.2) is 0 Å². The van der Waals surface area contributed by atoms with E-state index < -0.39 is 0 Å². The zero-order valence-electron chi connectivity index (χ0n) is 14.9. The summed E-state index contributed by atoms with van der Waals surface area (Å²) in [7, 11) is 1.80. The van der Waals surface area contributed by atoms with Crippen LogP contribution in [0.2, 0.25) is 0 Å². The van der Waals surface area contributed by atoms with Crippen molar-refractivity contribution >= 4 is 11.8 Å². The van der Waals surface area contributed by atoms with Gasteiger partial charge in [0, 0.05) is 31.9 Å². The smallest absolute Gasteiger partial charge is 0.228 e. The fourth-order valence-electron chi connectivity index (χ4n) is 3.91. The summed E-state index contributed by atoms with van der Waals surface area (Å²) in [6.45, 7) is 1.41. The van der Waals surface area contributed by atoms with Crippen molar-refractivity contribution in [2.24, 2.45) is 5.92 Å². The van der Waals surface area contributed by atoms with Gasteiger partial charge in [-0.2, -0.15) is 5.10 Å². The minimum Gasteiger partial charge on any atom is -0.339 e. The number of rotatable bonds is 5. The Hall–Kier alpha value is -2.70. The first kappa shape index (κ1) is 16.8. The highest BCUT2D eigenvalue weighted by Crippen LogP contribution is 2.25. The predicted octanol–water partition coefficient (Wildman–Crippen LogP) is 1.30. The summed E-state index contributed by atoms with van der Waals surface area (Å²) in [6.07, 6.45) is 5.21. The van der Waals surface area contributed by atoms with Crippen molar-refractivity contribution in [1.29, 1.82) is 0 Å². The SMILES string of the molecule is CN(Cc1n[nH]c2c1CCC2)C(=O)C1CC(=O)N(Cc2ccccn2)C1. The third-order valence-corrected chi connectivity index (χ3v) is 5.30. The van der Waals surface area contributed by atoms with Gasteiger partial charge in [0.1, 0.15) is 0 Å². The molecule has 2 amide bonds. The van der Waals surface area contributed by atoms with Gasteiger partial charge in [-0.25, -0.2) is 0 Å². The van der Waals surface area contributed by atoms with Gasteiger partial charge in [0.2, 0.25) is 11.8 Å². The Morgan fingerprint density at radius 1 is 1.38 bits per heavy atom. The van der Waals surface area contributed by atoms with Gasteiger partial charge in [0.05, 0.1) is 30.4 Å². The summed E-state index contributed by atoms with van der Waals surface area (Å²) >= 11 is 0. The zero-order valence-corrected chi connectivity index (χ0v) is 14.9. The predicted molar refractivity (Wildman–Crippen MR) is 94.8 cm³/mol. The number of fused-ring (bicyclic) bond motifs is 1. The molecule has 1 aliphatic heterocycles. The Balaban J connectivity index is 1.38. The number of aryl methyl sites for hydroxylation is 1. The van der Waals surface area contributed by atoms with E-state index in [4.69, 9.17) is 0 Å². The molecule has 2 aromatic heterocycles. The summed E-state index contributed by atoms with van der Waals surface area (Å²) < 4.78 is 0. The first-order chi connectivity index (χ1) is 12.6. The molecule has 1 N–H and O–H groups in total. The molecule has 1 fully saturated rings. The van der Waals surface area contributed by atoms with Crippen molar-refractivity contribution in [3.63, 3.8) is 0 Å². The molecule has 1 unspecified atom stereocenters. The van der Waals surface area contributed by atoms with Crippen LogP contribution in [-0.4, -0.2) is 50.4 Å². The van der Waals surface area contributed by atoms with E-state index in [2.05, 4.69) is 15.2 Å². The van der Waals surface area contributed by atoms with Crippen molar-refractivity contribution < 1.29 is 9.59 Å². The van der Waals surface area contributed by atoms with Crippen LogP contribution in [0.5, 0.6) is 0 Å². The van der Waals surface area contributed by atoms with Crippen molar-refractivity contribution in [2.45, 2.75) is 38.8 Å². The van der Waals surface area contributed by atoms with Crippen LogP contribution in [0.4, 0.5) is 0 Å². The van der Waals surface area contributed by atoms with Crippen LogP contribution in [0.25, 0.3) is 0 Å². The Kier molecular flexibility index (Phi) is 4.44. The topological polar surface area (TPSA) is 82.2 Å². The lowest BCUT2D eigenvalue weighted by Gasteiger charge is -2.21. The number of hydrogen-bond donors (Lipinski definition) is 1. The molecule has 0 spiro atoms. The number of H-pyrrole nitrogens is 1. The fourth-order valence-corrected chi connectivity index (χ4v) is 3.91. The minimum atomic E-state index is -0.289. The Labute approximate surface area is 152 Å². The quantitative estimate of drug-likeness (QED) is 0.878. The largest absolute Gasteiger partial charge is 0.339 e. The molecular weight excluding hydrogens is 330 g/mol. The van der Waals surface area contributed by atoms with E-state index >= 15 is 0 Å². The number of aromatic amines is 1. The standard InChI is InChI=1S/C19H23N5O2/c1-23(12-17-15-6-4-7-16(15)21-22-17)19(26)13-9-18(25)24(10-13)11-14-5-2-3-8-20-14/h2-3,5,8,13H,4,6-7,9-12H2,1H3,(H,21,22). The highest BCUT2D eigenvalue weighted by atomic mass is 16.2. The van der Waals surface area contributed by atoms with Crippen LogP contribution in [-0.2, 0) is 35.5 Å². The normalized spacial score (nSPS) is 19.0. The van der Waals surface area contributed by atoms with E-state index in [0.29, 0.717) is 19.6 Å². The molecule has 2 aromatic rings. The van der Waals surface area contributed by atoms with E-state index in [1.807, 2.05) is 18.2 Å². The molecule has 0 aromatic carbocycles. The summed E-state index contributed by atoms with van der Waals surface area (Å²) in [5.74, 6) is -0.261. The van der Waals surface area contributed by atoms with Crippen LogP contribution < -0.4 is 0 Å². The van der Waals surface area contributed by atoms with Gasteiger partial charge >= 0.3 is 0 Å². The molecular formula is C19H23N5O2. The third kappa shape index (κ3) is 3.21. The lowest BCUT2D eigenvalue weighted by molar-refractivity contribution is -0.135. The van der Waals surface area contributed by atoms with Crippen molar-refractivity contribution in [3.05, 3.63) is 47.0 Å². The first-order valence-electron chi connectivity index (χ1n) is 9.09. The second kappa shape index (κ2) is 6.90. The highest BCUT2D eigenvalue weighted by molar-refractivity contribution is 5.89. The van der Waals surface area contributed by atoms with Crippen molar-refractivity contribution in [2.75, 3.05) is 13.6 Å². The molecule has 0 radical (unpaired) electrons. The number of nitrogens with zero attached hydrogens (tertiary/aromatic N) is 4. The van der Waals surface area contributed by atoms with Crippen LogP contribution in [0.1, 0.15) is 35.5 Å². The average Bonchev–Trinajstić information content (AvgIpc) is 3.34. The molecule has 136 valence electrons. The lowest BCUT2D eigenvalue weighted by Crippen LogP contribution is -2.34. The van der Waals surface area contributed by atoms with Gasteiger partial charge in [0.25, 0.3) is 0 Å². The van der Waals surface area contributed by atoms with Crippen molar-refractivity contribution in [1.82, 2.24) is 25.0 Å². The minimum absolute atomic E-state index is 0.0108. The number of nitrogens with one attached hydrogen (secondary N) is 1. The summed E-state index contributed by atoms with van der Waals surface area (Å²) in [5.41, 5.74) is 4.28. The number of carbonyl (C=O) groups is 2. The monoisotopic (exact) mass is 353 g/mol. The highest BCUT2D eigenvalue weighted by Gasteiger charge is 2.36. The number of amides is 2. The molecule has 1 aliphatic carbocycles. The van der Waals surface area contributed by atoms with E-state index in [1.165, 1.54) is 11.3 Å². The number of carbonyl (C=O) groups excluding carboxylic acids is 2. The summed E-state index contributed by atoms with van der Waals surface area (Å²) in [4.78, 5) is 32.8. The Morgan fingerprint density at radius 2 is 2.27 bits per heavy atom. The lowest BCUT2D eigenvalue weighted by atomic mass is 10.1. The molecule has 1 atom stereocenters. The molecule has 7 heteroatoms. The molecule has 1 saturated heterocycles. The third-order valence-electron chi connectivity index (χ3n) is 5.30. The molecule has 0 bridgehead atoms. The van der Waals surface area contributed by atoms with Gasteiger partial charge < -0.3 is 9.80 Å². The van der Waals surface area contributed by atoms with E-state index in [0.717, 1.165) is 30.7 Å². The van der Waals surface area contributed by atoms with Gasteiger partial charge in [-0.05, 0) is 37.0 Å². The van der Waals surface area contributed by atoms with Crippen molar-refractivity contribution in [3.8, 4) is 0 Å². The van der Waals surface area contributed by atoms with Gasteiger partial charge in [-0.15, -0.1) is 0 Å². The van der Waals surface area contributed by atoms with Crippen LogP contribution >= 0.6 is 0 Å². The first-order valence-corrected chi connectivity index (χ1v) is 9.09. The molecule has 3 heterocycles. The van der Waals surface area contributed by atoms with E-state index in [-0.39, 0.29) is 24.2 Å².